The third kappa shape index (κ3) is 4.70. The maximum atomic E-state index is 12.5. The summed E-state index contributed by atoms with van der Waals surface area (Å²) in [6.45, 7) is 5.78. The normalized spacial score (nSPS) is 9.84. The zero-order chi connectivity index (χ0) is 14.1. The number of aliphatic hydroxyl groups excluding tert-OH is 1. The van der Waals surface area contributed by atoms with E-state index in [1.54, 1.807) is 0 Å². The van der Waals surface area contributed by atoms with Gasteiger partial charge in [-0.15, -0.1) is 11.3 Å². The summed E-state index contributed by atoms with van der Waals surface area (Å²) in [4.78, 5) is 15.1. The van der Waals surface area contributed by atoms with E-state index in [0.29, 0.717) is 11.3 Å². The lowest BCUT2D eigenvalue weighted by atomic mass is 10.2. The second kappa shape index (κ2) is 8.73. The van der Waals surface area contributed by atoms with E-state index in [0.717, 1.165) is 31.5 Å². The number of hydrogen-bond acceptors (Lipinski definition) is 3. The highest BCUT2D eigenvalue weighted by Gasteiger charge is 2.18. The molecule has 1 aromatic rings. The standard InChI is InChI=1S/C15H21NO2S/c1-3-9-16(10-4-2)15(18)14-13(8-12-19-14)7-5-6-11-17/h8,12,17H,3-4,6,9-11H2,1-2H3. The van der Waals surface area contributed by atoms with Gasteiger partial charge in [0, 0.05) is 25.1 Å². The Morgan fingerprint density at radius 3 is 2.63 bits per heavy atom. The molecule has 3 nitrogen and oxygen atoms in total. The first kappa shape index (κ1) is 15.7. The molecular formula is C15H21NO2S. The molecule has 0 saturated carbocycles. The Morgan fingerprint density at radius 2 is 2.05 bits per heavy atom. The lowest BCUT2D eigenvalue weighted by molar-refractivity contribution is 0.0760. The molecule has 1 amide bonds. The number of thiophene rings is 1. The van der Waals surface area contributed by atoms with Crippen LogP contribution in [-0.4, -0.2) is 35.6 Å². The monoisotopic (exact) mass is 279 g/mol. The number of nitrogens with zero attached hydrogens (tertiary/aromatic N) is 1. The van der Waals surface area contributed by atoms with Crippen molar-refractivity contribution in [1.29, 1.82) is 0 Å². The van der Waals surface area contributed by atoms with Crippen LogP contribution in [0, 0.1) is 11.8 Å². The number of rotatable bonds is 6. The number of carbonyl (C=O) groups excluding carboxylic acids is 1. The molecule has 0 fully saturated rings. The molecule has 4 heteroatoms. The van der Waals surface area contributed by atoms with Crippen LogP contribution >= 0.6 is 11.3 Å². The van der Waals surface area contributed by atoms with Gasteiger partial charge >= 0.3 is 0 Å². The van der Waals surface area contributed by atoms with Crippen LogP contribution in [0.15, 0.2) is 11.4 Å². The highest BCUT2D eigenvalue weighted by molar-refractivity contribution is 7.12. The molecule has 1 heterocycles. The minimum atomic E-state index is 0.0538. The van der Waals surface area contributed by atoms with Crippen molar-refractivity contribution in [3.05, 3.63) is 21.9 Å². The average Bonchev–Trinajstić information content (AvgIpc) is 2.86. The van der Waals surface area contributed by atoms with Crippen molar-refractivity contribution in [3.8, 4) is 11.8 Å². The maximum absolute atomic E-state index is 12.5. The summed E-state index contributed by atoms with van der Waals surface area (Å²) in [5, 5.41) is 10.6. The van der Waals surface area contributed by atoms with Crippen molar-refractivity contribution in [2.75, 3.05) is 19.7 Å². The second-order valence-corrected chi connectivity index (χ2v) is 5.15. The minimum Gasteiger partial charge on any atom is -0.395 e. The number of aliphatic hydroxyl groups is 1. The molecule has 0 atom stereocenters. The van der Waals surface area contributed by atoms with Crippen LogP contribution in [0.4, 0.5) is 0 Å². The van der Waals surface area contributed by atoms with E-state index in [1.807, 2.05) is 16.3 Å². The Bertz CT molecular complexity index is 450. The van der Waals surface area contributed by atoms with Crippen molar-refractivity contribution in [2.24, 2.45) is 0 Å². The highest BCUT2D eigenvalue weighted by atomic mass is 32.1. The number of hydrogen-bond donors (Lipinski definition) is 1. The molecule has 0 radical (unpaired) electrons. The van der Waals surface area contributed by atoms with Crippen LogP contribution in [-0.2, 0) is 0 Å². The van der Waals surface area contributed by atoms with Gasteiger partial charge in [0.25, 0.3) is 5.91 Å². The second-order valence-electron chi connectivity index (χ2n) is 4.23. The van der Waals surface area contributed by atoms with Crippen LogP contribution in [0.2, 0.25) is 0 Å². The molecule has 19 heavy (non-hydrogen) atoms. The molecule has 1 aromatic heterocycles. The zero-order valence-corrected chi connectivity index (χ0v) is 12.4. The van der Waals surface area contributed by atoms with Crippen LogP contribution < -0.4 is 0 Å². The fraction of sp³-hybridized carbons (Fsp3) is 0.533. The van der Waals surface area contributed by atoms with Crippen molar-refractivity contribution in [1.82, 2.24) is 4.90 Å². The van der Waals surface area contributed by atoms with Crippen LogP contribution in [0.5, 0.6) is 0 Å². The Labute approximate surface area is 119 Å². The topological polar surface area (TPSA) is 40.5 Å². The largest absolute Gasteiger partial charge is 0.395 e. The molecule has 1 rings (SSSR count). The molecular weight excluding hydrogens is 258 g/mol. The summed E-state index contributed by atoms with van der Waals surface area (Å²) in [5.41, 5.74) is 0.778. The van der Waals surface area contributed by atoms with Crippen LogP contribution in [0.3, 0.4) is 0 Å². The molecule has 0 aliphatic rings. The van der Waals surface area contributed by atoms with Crippen LogP contribution in [0.25, 0.3) is 0 Å². The Kier molecular flexibility index (Phi) is 7.24. The van der Waals surface area contributed by atoms with Gasteiger partial charge in [0.1, 0.15) is 4.88 Å². The third-order valence-corrected chi connectivity index (χ3v) is 3.50. The van der Waals surface area contributed by atoms with Crippen molar-refractivity contribution in [3.63, 3.8) is 0 Å². The Morgan fingerprint density at radius 1 is 1.37 bits per heavy atom. The SMILES string of the molecule is CCCN(CCC)C(=O)c1sccc1C#CCCO. The van der Waals surface area contributed by atoms with Gasteiger partial charge in [-0.25, -0.2) is 0 Å². The van der Waals surface area contributed by atoms with E-state index in [4.69, 9.17) is 5.11 Å². The summed E-state index contributed by atoms with van der Waals surface area (Å²) in [6, 6.07) is 1.87. The van der Waals surface area contributed by atoms with E-state index in [2.05, 4.69) is 25.7 Å². The fourth-order valence-electron chi connectivity index (χ4n) is 1.79. The van der Waals surface area contributed by atoms with Crippen molar-refractivity contribution in [2.45, 2.75) is 33.1 Å². The Balaban J connectivity index is 2.87. The van der Waals surface area contributed by atoms with Gasteiger partial charge in [0.2, 0.25) is 0 Å². The maximum Gasteiger partial charge on any atom is 0.265 e. The van der Waals surface area contributed by atoms with E-state index in [-0.39, 0.29) is 12.5 Å². The highest BCUT2D eigenvalue weighted by Crippen LogP contribution is 2.18. The Hall–Kier alpha value is -1.31. The lowest BCUT2D eigenvalue weighted by Crippen LogP contribution is -2.32. The average molecular weight is 279 g/mol. The summed E-state index contributed by atoms with van der Waals surface area (Å²) < 4.78 is 0. The molecule has 0 unspecified atom stereocenters. The molecule has 0 aromatic carbocycles. The molecule has 0 bridgehead atoms. The quantitative estimate of drug-likeness (QED) is 0.813. The predicted octanol–water partition coefficient (Wildman–Crippen LogP) is 2.74. The summed E-state index contributed by atoms with van der Waals surface area (Å²) in [5.74, 6) is 5.91. The van der Waals surface area contributed by atoms with E-state index >= 15 is 0 Å². The van der Waals surface area contributed by atoms with E-state index < -0.39 is 0 Å². The van der Waals surface area contributed by atoms with Gasteiger partial charge in [-0.2, -0.15) is 0 Å². The molecule has 0 spiro atoms. The fourth-order valence-corrected chi connectivity index (χ4v) is 2.60. The van der Waals surface area contributed by atoms with Gasteiger partial charge in [-0.3, -0.25) is 4.79 Å². The summed E-state index contributed by atoms with van der Waals surface area (Å²) >= 11 is 1.44. The van der Waals surface area contributed by atoms with Crippen molar-refractivity contribution < 1.29 is 9.90 Å². The van der Waals surface area contributed by atoms with Gasteiger partial charge in [-0.1, -0.05) is 25.7 Å². The molecule has 0 saturated heterocycles. The molecule has 1 N–H and O–H groups in total. The van der Waals surface area contributed by atoms with Crippen LogP contribution in [0.1, 0.15) is 48.3 Å². The first-order chi connectivity index (χ1) is 9.24. The molecule has 0 aliphatic heterocycles. The van der Waals surface area contributed by atoms with Crippen molar-refractivity contribution >= 4 is 17.2 Å². The third-order valence-electron chi connectivity index (χ3n) is 2.59. The smallest absolute Gasteiger partial charge is 0.265 e. The minimum absolute atomic E-state index is 0.0538. The predicted molar refractivity (Wildman–Crippen MR) is 79.4 cm³/mol. The number of amides is 1. The van der Waals surface area contributed by atoms with Gasteiger partial charge in [0.05, 0.1) is 6.61 Å². The summed E-state index contributed by atoms with van der Waals surface area (Å²) in [7, 11) is 0. The molecule has 104 valence electrons. The van der Waals surface area contributed by atoms with Gasteiger partial charge in [-0.05, 0) is 24.3 Å². The first-order valence-corrected chi connectivity index (χ1v) is 7.59. The lowest BCUT2D eigenvalue weighted by Gasteiger charge is -2.20. The van der Waals surface area contributed by atoms with Gasteiger partial charge < -0.3 is 10.0 Å². The molecule has 0 aliphatic carbocycles. The van der Waals surface area contributed by atoms with E-state index in [9.17, 15) is 4.79 Å². The number of carbonyl (C=O) groups is 1. The zero-order valence-electron chi connectivity index (χ0n) is 11.6. The van der Waals surface area contributed by atoms with Gasteiger partial charge in [0.15, 0.2) is 0 Å². The van der Waals surface area contributed by atoms with E-state index in [1.165, 1.54) is 11.3 Å². The first-order valence-electron chi connectivity index (χ1n) is 6.71. The summed E-state index contributed by atoms with van der Waals surface area (Å²) in [6.07, 6.45) is 2.36.